The van der Waals surface area contributed by atoms with E-state index >= 15 is 0 Å². The number of H-pyrrole nitrogens is 1. The Hall–Kier alpha value is -1.73. The predicted molar refractivity (Wildman–Crippen MR) is 97.2 cm³/mol. The average Bonchev–Trinajstić information content (AvgIpc) is 3.17. The second kappa shape index (κ2) is 6.21. The monoisotopic (exact) mass is 361 g/mol. The first-order chi connectivity index (χ1) is 12.0. The molecule has 1 aliphatic heterocycles. The van der Waals surface area contributed by atoms with Crippen LogP contribution in [-0.4, -0.2) is 38.5 Å². The largest absolute Gasteiger partial charge is 0.480 e. The number of fused-ring (bicyclic) bond motifs is 3. The smallest absolute Gasteiger partial charge is 0.320 e. The molecule has 0 bridgehead atoms. The number of carbonyl (C=O) groups is 1. The number of aromatic nitrogens is 2. The zero-order chi connectivity index (χ0) is 17.7. The quantitative estimate of drug-likeness (QED) is 0.878. The van der Waals surface area contributed by atoms with Crippen LogP contribution in [-0.2, 0) is 17.6 Å². The van der Waals surface area contributed by atoms with Crippen molar-refractivity contribution in [1.82, 2.24) is 14.9 Å². The van der Waals surface area contributed by atoms with Crippen LogP contribution in [0.1, 0.15) is 55.4 Å². The number of carboxylic acids is 1. The van der Waals surface area contributed by atoms with Crippen LogP contribution < -0.4 is 5.56 Å². The molecule has 1 fully saturated rings. The van der Waals surface area contributed by atoms with Gasteiger partial charge in [-0.15, -0.1) is 11.3 Å². The number of rotatable bonds is 3. The molecule has 2 aliphatic rings. The SMILES string of the molecule is CC1CCc2c(sc3nc(C(C)N4CCC[C@H]4C(=O)O)[nH]c(=O)c23)C1. The molecular formula is C18H23N3O3S. The number of carboxylic acid groups (broad SMARTS) is 1. The number of likely N-dealkylation sites (tertiary alicyclic amines) is 1. The van der Waals surface area contributed by atoms with Crippen LogP contribution in [0.3, 0.4) is 0 Å². The molecule has 4 rings (SSSR count). The number of hydrogen-bond donors (Lipinski definition) is 2. The van der Waals surface area contributed by atoms with Gasteiger partial charge in [0, 0.05) is 4.88 Å². The molecular weight excluding hydrogens is 338 g/mol. The number of thiophene rings is 1. The highest BCUT2D eigenvalue weighted by Gasteiger charge is 2.35. The highest BCUT2D eigenvalue weighted by molar-refractivity contribution is 7.18. The van der Waals surface area contributed by atoms with Gasteiger partial charge in [0.05, 0.1) is 11.4 Å². The van der Waals surface area contributed by atoms with Crippen molar-refractivity contribution in [3.8, 4) is 0 Å². The normalized spacial score (nSPS) is 25.2. The molecule has 0 spiro atoms. The van der Waals surface area contributed by atoms with Gasteiger partial charge < -0.3 is 10.1 Å². The fourth-order valence-corrected chi connectivity index (χ4v) is 5.63. The van der Waals surface area contributed by atoms with E-state index in [1.165, 1.54) is 10.4 Å². The number of aliphatic carboxylic acids is 1. The summed E-state index contributed by atoms with van der Waals surface area (Å²) in [5.74, 6) is 0.435. The second-order valence-corrected chi connectivity index (χ2v) is 8.48. The lowest BCUT2D eigenvalue weighted by Gasteiger charge is -2.27. The molecule has 0 amide bonds. The molecule has 3 heterocycles. The molecule has 0 radical (unpaired) electrons. The Kier molecular flexibility index (Phi) is 4.16. The number of aromatic amines is 1. The van der Waals surface area contributed by atoms with Gasteiger partial charge in [-0.2, -0.15) is 0 Å². The van der Waals surface area contributed by atoms with Gasteiger partial charge in [0.1, 0.15) is 16.7 Å². The van der Waals surface area contributed by atoms with Gasteiger partial charge in [-0.25, -0.2) is 4.98 Å². The lowest BCUT2D eigenvalue weighted by atomic mass is 9.89. The first-order valence-electron chi connectivity index (χ1n) is 8.98. The molecule has 1 saturated heterocycles. The van der Waals surface area contributed by atoms with Crippen molar-refractivity contribution < 1.29 is 9.90 Å². The van der Waals surface area contributed by atoms with Crippen LogP contribution in [0.5, 0.6) is 0 Å². The van der Waals surface area contributed by atoms with Crippen molar-refractivity contribution in [2.24, 2.45) is 5.92 Å². The first kappa shape index (κ1) is 16.7. The fraction of sp³-hybridized carbons (Fsp3) is 0.611. The summed E-state index contributed by atoms with van der Waals surface area (Å²) in [7, 11) is 0. The lowest BCUT2D eigenvalue weighted by molar-refractivity contribution is -0.142. The van der Waals surface area contributed by atoms with E-state index in [-0.39, 0.29) is 11.6 Å². The Morgan fingerprint density at radius 3 is 3.00 bits per heavy atom. The molecule has 2 aromatic heterocycles. The summed E-state index contributed by atoms with van der Waals surface area (Å²) in [5.41, 5.74) is 1.10. The number of hydrogen-bond acceptors (Lipinski definition) is 5. The van der Waals surface area contributed by atoms with Crippen LogP contribution in [0.15, 0.2) is 4.79 Å². The zero-order valence-electron chi connectivity index (χ0n) is 14.5. The summed E-state index contributed by atoms with van der Waals surface area (Å²) >= 11 is 1.63. The Morgan fingerprint density at radius 1 is 1.44 bits per heavy atom. The van der Waals surface area contributed by atoms with E-state index < -0.39 is 12.0 Å². The summed E-state index contributed by atoms with van der Waals surface area (Å²) in [6.07, 6.45) is 4.60. The molecule has 2 unspecified atom stereocenters. The molecule has 0 aromatic carbocycles. The van der Waals surface area contributed by atoms with Crippen LogP contribution in [0.2, 0.25) is 0 Å². The Bertz CT molecular complexity index is 888. The third-order valence-corrected chi connectivity index (χ3v) is 6.80. The average molecular weight is 361 g/mol. The van der Waals surface area contributed by atoms with E-state index in [0.717, 1.165) is 42.4 Å². The first-order valence-corrected chi connectivity index (χ1v) is 9.80. The molecule has 2 aromatic rings. The Labute approximate surface area is 149 Å². The lowest BCUT2D eigenvalue weighted by Crippen LogP contribution is -2.38. The summed E-state index contributed by atoms with van der Waals surface area (Å²) in [6.45, 7) is 4.90. The molecule has 25 heavy (non-hydrogen) atoms. The molecule has 2 N–H and O–H groups in total. The standard InChI is InChI=1S/C18H23N3O3S/c1-9-5-6-11-13(8-9)25-17-14(11)16(22)19-15(20-17)10(2)21-7-3-4-12(21)18(23)24/h9-10,12H,3-8H2,1-2H3,(H,23,24)(H,19,20,22)/t9?,10?,12-/m0/s1. The highest BCUT2D eigenvalue weighted by atomic mass is 32.1. The molecule has 0 saturated carbocycles. The minimum Gasteiger partial charge on any atom is -0.480 e. The van der Waals surface area contributed by atoms with Crippen LogP contribution in [0.4, 0.5) is 0 Å². The van der Waals surface area contributed by atoms with Crippen molar-refractivity contribution in [2.45, 2.75) is 58.0 Å². The Morgan fingerprint density at radius 2 is 2.24 bits per heavy atom. The third-order valence-electron chi connectivity index (χ3n) is 5.66. The van der Waals surface area contributed by atoms with E-state index in [9.17, 15) is 14.7 Å². The van der Waals surface area contributed by atoms with Gasteiger partial charge in [0.25, 0.3) is 5.56 Å². The van der Waals surface area contributed by atoms with E-state index in [1.54, 1.807) is 11.3 Å². The van der Waals surface area contributed by atoms with Crippen molar-refractivity contribution in [3.63, 3.8) is 0 Å². The minimum absolute atomic E-state index is 0.0787. The Balaban J connectivity index is 1.74. The van der Waals surface area contributed by atoms with E-state index in [1.807, 2.05) is 11.8 Å². The van der Waals surface area contributed by atoms with Gasteiger partial charge in [0.2, 0.25) is 0 Å². The molecule has 3 atom stereocenters. The van der Waals surface area contributed by atoms with Crippen molar-refractivity contribution in [1.29, 1.82) is 0 Å². The molecule has 7 heteroatoms. The summed E-state index contributed by atoms with van der Waals surface area (Å²) in [6, 6.07) is -0.702. The van der Waals surface area contributed by atoms with Gasteiger partial charge in [-0.3, -0.25) is 14.5 Å². The molecule has 1 aliphatic carbocycles. The predicted octanol–water partition coefficient (Wildman–Crippen LogP) is 2.72. The molecule has 134 valence electrons. The maximum Gasteiger partial charge on any atom is 0.320 e. The minimum atomic E-state index is -0.798. The van der Waals surface area contributed by atoms with Crippen LogP contribution in [0, 0.1) is 5.92 Å². The zero-order valence-corrected chi connectivity index (χ0v) is 15.4. The summed E-state index contributed by atoms with van der Waals surface area (Å²) in [5, 5.41) is 10.2. The fourth-order valence-electron chi connectivity index (χ4n) is 4.24. The third kappa shape index (κ3) is 2.79. The number of nitrogens with one attached hydrogen (secondary N) is 1. The van der Waals surface area contributed by atoms with E-state index in [0.29, 0.717) is 18.2 Å². The van der Waals surface area contributed by atoms with Gasteiger partial charge >= 0.3 is 5.97 Å². The maximum absolute atomic E-state index is 12.7. The molecule has 6 nitrogen and oxygen atoms in total. The van der Waals surface area contributed by atoms with Crippen molar-refractivity contribution in [2.75, 3.05) is 6.54 Å². The van der Waals surface area contributed by atoms with Gasteiger partial charge in [0.15, 0.2) is 0 Å². The summed E-state index contributed by atoms with van der Waals surface area (Å²) in [4.78, 5) is 35.9. The highest BCUT2D eigenvalue weighted by Crippen LogP contribution is 2.36. The van der Waals surface area contributed by atoms with E-state index in [4.69, 9.17) is 4.98 Å². The van der Waals surface area contributed by atoms with Crippen LogP contribution in [0.25, 0.3) is 10.2 Å². The van der Waals surface area contributed by atoms with Gasteiger partial charge in [-0.05, 0) is 57.1 Å². The van der Waals surface area contributed by atoms with Crippen molar-refractivity contribution in [3.05, 3.63) is 26.6 Å². The van der Waals surface area contributed by atoms with Crippen LogP contribution >= 0.6 is 11.3 Å². The van der Waals surface area contributed by atoms with E-state index in [2.05, 4.69) is 11.9 Å². The topological polar surface area (TPSA) is 86.3 Å². The number of aryl methyl sites for hydroxylation is 1. The second-order valence-electron chi connectivity index (χ2n) is 7.39. The van der Waals surface area contributed by atoms with Crippen molar-refractivity contribution >= 4 is 27.5 Å². The number of nitrogens with zero attached hydrogens (tertiary/aromatic N) is 2. The summed E-state index contributed by atoms with van der Waals surface area (Å²) < 4.78 is 0. The van der Waals surface area contributed by atoms with Gasteiger partial charge in [-0.1, -0.05) is 6.92 Å². The maximum atomic E-state index is 12.7.